The molecule has 0 bridgehead atoms. The van der Waals surface area contributed by atoms with Crippen molar-refractivity contribution in [2.75, 3.05) is 43.4 Å². The van der Waals surface area contributed by atoms with Crippen molar-refractivity contribution in [3.05, 3.63) is 96.8 Å². The minimum Gasteiger partial charge on any atom is -0.369 e. The number of likely N-dealkylation sites (N-methyl/N-ethyl adjacent to an activating group) is 1. The Morgan fingerprint density at radius 2 is 1.44 bits per heavy atom. The van der Waals surface area contributed by atoms with E-state index in [1.807, 2.05) is 47.3 Å². The average Bonchev–Trinajstić information content (AvgIpc) is 3.38. The summed E-state index contributed by atoms with van der Waals surface area (Å²) in [5.74, 6) is 1.41. The lowest BCUT2D eigenvalue weighted by Gasteiger charge is -2.34. The molecule has 1 saturated heterocycles. The van der Waals surface area contributed by atoms with Gasteiger partial charge in [0, 0.05) is 49.7 Å². The van der Waals surface area contributed by atoms with Gasteiger partial charge < -0.3 is 15.1 Å². The number of hydrogen-bond donors (Lipinski definition) is 1. The maximum Gasteiger partial charge on any atom is 0.170 e. The second kappa shape index (κ2) is 9.79. The molecule has 0 radical (unpaired) electrons. The van der Waals surface area contributed by atoms with Crippen LogP contribution in [-0.2, 0) is 6.54 Å². The summed E-state index contributed by atoms with van der Waals surface area (Å²) in [6, 6.07) is 29.1. The lowest BCUT2D eigenvalue weighted by Crippen LogP contribution is -2.44. The van der Waals surface area contributed by atoms with Gasteiger partial charge in [-0.25, -0.2) is 15.0 Å². The Bertz CT molecular complexity index is 1440. The second-order valence-corrected chi connectivity index (χ2v) is 9.19. The Morgan fingerprint density at radius 3 is 2.17 bits per heavy atom. The SMILES string of the molecule is CN1CCN(c2ccc(-c3nc(NCc4ccccc4)c4ncn(-c5ccccc5)c4n3)cc2)CC1. The minimum atomic E-state index is 0.660. The van der Waals surface area contributed by atoms with Crippen LogP contribution in [0.15, 0.2) is 91.3 Å². The van der Waals surface area contributed by atoms with Gasteiger partial charge >= 0.3 is 0 Å². The number of anilines is 2. The largest absolute Gasteiger partial charge is 0.369 e. The minimum absolute atomic E-state index is 0.660. The van der Waals surface area contributed by atoms with E-state index in [1.54, 1.807) is 0 Å². The summed E-state index contributed by atoms with van der Waals surface area (Å²) >= 11 is 0. The Morgan fingerprint density at radius 1 is 0.750 bits per heavy atom. The number of hydrogen-bond acceptors (Lipinski definition) is 6. The van der Waals surface area contributed by atoms with E-state index in [1.165, 1.54) is 11.3 Å². The lowest BCUT2D eigenvalue weighted by atomic mass is 10.1. The highest BCUT2D eigenvalue weighted by Crippen LogP contribution is 2.28. The Labute approximate surface area is 211 Å². The van der Waals surface area contributed by atoms with Crippen LogP contribution in [0.25, 0.3) is 28.2 Å². The summed E-state index contributed by atoms with van der Waals surface area (Å²) in [6.45, 7) is 4.92. The highest BCUT2D eigenvalue weighted by Gasteiger charge is 2.17. The number of piperazine rings is 1. The van der Waals surface area contributed by atoms with Crippen molar-refractivity contribution in [2.45, 2.75) is 6.54 Å². The molecule has 5 aromatic rings. The van der Waals surface area contributed by atoms with Gasteiger partial charge in [-0.15, -0.1) is 0 Å². The molecule has 7 nitrogen and oxygen atoms in total. The van der Waals surface area contributed by atoms with Crippen LogP contribution in [-0.4, -0.2) is 57.6 Å². The van der Waals surface area contributed by atoms with Crippen LogP contribution in [0.5, 0.6) is 0 Å². The smallest absolute Gasteiger partial charge is 0.170 e. The molecule has 36 heavy (non-hydrogen) atoms. The summed E-state index contributed by atoms with van der Waals surface area (Å²) in [6.07, 6.45) is 1.82. The number of fused-ring (bicyclic) bond motifs is 1. The first-order chi connectivity index (χ1) is 17.7. The lowest BCUT2D eigenvalue weighted by molar-refractivity contribution is 0.313. The van der Waals surface area contributed by atoms with Gasteiger partial charge in [0.25, 0.3) is 0 Å². The van der Waals surface area contributed by atoms with E-state index in [4.69, 9.17) is 9.97 Å². The van der Waals surface area contributed by atoms with Crippen molar-refractivity contribution < 1.29 is 0 Å². The fourth-order valence-electron chi connectivity index (χ4n) is 4.60. The number of imidazole rings is 1. The fourth-order valence-corrected chi connectivity index (χ4v) is 4.60. The molecule has 3 heterocycles. The Hall–Kier alpha value is -4.23. The molecule has 2 aromatic heterocycles. The number of nitrogens with one attached hydrogen (secondary N) is 1. The third kappa shape index (κ3) is 4.53. The van der Waals surface area contributed by atoms with Crippen molar-refractivity contribution in [3.63, 3.8) is 0 Å². The van der Waals surface area contributed by atoms with Gasteiger partial charge in [-0.2, -0.15) is 0 Å². The average molecular weight is 476 g/mol. The molecule has 1 fully saturated rings. The zero-order valence-electron chi connectivity index (χ0n) is 20.4. The molecule has 7 heteroatoms. The molecule has 1 N–H and O–H groups in total. The Balaban J connectivity index is 1.37. The van der Waals surface area contributed by atoms with Crippen molar-refractivity contribution in [3.8, 4) is 17.1 Å². The normalized spacial score (nSPS) is 14.3. The predicted octanol–water partition coefficient (Wildman–Crippen LogP) is 4.85. The van der Waals surface area contributed by atoms with E-state index in [0.717, 1.165) is 54.4 Å². The number of benzene rings is 3. The topological polar surface area (TPSA) is 62.1 Å². The summed E-state index contributed by atoms with van der Waals surface area (Å²) in [4.78, 5) is 19.4. The molecule has 3 aromatic carbocycles. The monoisotopic (exact) mass is 475 g/mol. The summed E-state index contributed by atoms with van der Waals surface area (Å²) in [7, 11) is 2.18. The maximum atomic E-state index is 4.98. The van der Waals surface area contributed by atoms with Gasteiger partial charge in [0.05, 0.1) is 0 Å². The summed E-state index contributed by atoms with van der Waals surface area (Å²) < 4.78 is 2.02. The molecule has 6 rings (SSSR count). The van der Waals surface area contributed by atoms with Gasteiger partial charge in [-0.05, 0) is 49.0 Å². The quantitative estimate of drug-likeness (QED) is 0.379. The molecular weight excluding hydrogens is 446 g/mol. The van der Waals surface area contributed by atoms with Crippen molar-refractivity contribution in [1.82, 2.24) is 24.4 Å². The molecule has 0 spiro atoms. The predicted molar refractivity (Wildman–Crippen MR) is 146 cm³/mol. The summed E-state index contributed by atoms with van der Waals surface area (Å²) in [5.41, 5.74) is 5.97. The summed E-state index contributed by atoms with van der Waals surface area (Å²) in [5, 5.41) is 3.51. The van der Waals surface area contributed by atoms with E-state index in [0.29, 0.717) is 12.4 Å². The van der Waals surface area contributed by atoms with Crippen LogP contribution in [0.3, 0.4) is 0 Å². The number of rotatable bonds is 6. The van der Waals surface area contributed by atoms with E-state index in [9.17, 15) is 0 Å². The molecule has 0 saturated carbocycles. The molecular formula is C29H29N7. The molecule has 0 amide bonds. The first kappa shape index (κ1) is 22.2. The highest BCUT2D eigenvalue weighted by atomic mass is 15.2. The van der Waals surface area contributed by atoms with Crippen molar-refractivity contribution >= 4 is 22.7 Å². The zero-order valence-corrected chi connectivity index (χ0v) is 20.4. The third-order valence-electron chi connectivity index (χ3n) is 6.73. The fraction of sp³-hybridized carbons (Fsp3) is 0.207. The van der Waals surface area contributed by atoms with E-state index in [2.05, 4.69) is 75.7 Å². The van der Waals surface area contributed by atoms with Crippen LogP contribution >= 0.6 is 0 Å². The first-order valence-corrected chi connectivity index (χ1v) is 12.4. The Kier molecular flexibility index (Phi) is 6.05. The number of para-hydroxylation sites is 1. The van der Waals surface area contributed by atoms with Gasteiger partial charge in [0.15, 0.2) is 22.8 Å². The van der Waals surface area contributed by atoms with Gasteiger partial charge in [0.1, 0.15) is 6.33 Å². The molecule has 0 unspecified atom stereocenters. The molecule has 1 aliphatic rings. The molecule has 0 atom stereocenters. The second-order valence-electron chi connectivity index (χ2n) is 9.19. The zero-order chi connectivity index (χ0) is 24.3. The van der Waals surface area contributed by atoms with Crippen LogP contribution < -0.4 is 10.2 Å². The number of aromatic nitrogens is 4. The molecule has 0 aliphatic carbocycles. The van der Waals surface area contributed by atoms with E-state index in [-0.39, 0.29) is 0 Å². The standard InChI is InChI=1S/C29H29N7/c1-34-16-18-35(19-17-34)24-14-12-23(13-15-24)27-32-28(30-20-22-8-4-2-5-9-22)26-29(33-27)36(21-31-26)25-10-6-3-7-11-25/h2-15,21H,16-20H2,1H3,(H,30,32,33). The van der Waals surface area contributed by atoms with Crippen molar-refractivity contribution in [1.29, 1.82) is 0 Å². The maximum absolute atomic E-state index is 4.98. The van der Waals surface area contributed by atoms with Crippen molar-refractivity contribution in [2.24, 2.45) is 0 Å². The highest BCUT2D eigenvalue weighted by molar-refractivity contribution is 5.86. The molecule has 180 valence electrons. The van der Waals surface area contributed by atoms with Crippen LogP contribution in [0.4, 0.5) is 11.5 Å². The first-order valence-electron chi connectivity index (χ1n) is 12.4. The molecule has 1 aliphatic heterocycles. The van der Waals surface area contributed by atoms with Gasteiger partial charge in [-0.3, -0.25) is 4.57 Å². The third-order valence-corrected chi connectivity index (χ3v) is 6.73. The van der Waals surface area contributed by atoms with Gasteiger partial charge in [0.2, 0.25) is 0 Å². The van der Waals surface area contributed by atoms with Crippen LogP contribution in [0.1, 0.15) is 5.56 Å². The van der Waals surface area contributed by atoms with E-state index < -0.39 is 0 Å². The number of nitrogens with zero attached hydrogens (tertiary/aromatic N) is 6. The van der Waals surface area contributed by atoms with E-state index >= 15 is 0 Å². The van der Waals surface area contributed by atoms with Gasteiger partial charge in [-0.1, -0.05) is 48.5 Å². The van der Waals surface area contributed by atoms with Crippen LogP contribution in [0.2, 0.25) is 0 Å². The van der Waals surface area contributed by atoms with Crippen LogP contribution in [0, 0.1) is 0 Å².